The molecule has 0 bridgehead atoms. The minimum Gasteiger partial charge on any atom is -0.381 e. The molecule has 0 amide bonds. The van der Waals surface area contributed by atoms with Gasteiger partial charge in [0.2, 0.25) is 0 Å². The fourth-order valence-electron chi connectivity index (χ4n) is 4.99. The van der Waals surface area contributed by atoms with Crippen LogP contribution in [-0.4, -0.2) is 39.8 Å². The second-order valence-corrected chi connectivity index (χ2v) is 9.24. The first-order chi connectivity index (χ1) is 15.8. The Bertz CT molecular complexity index is 1270. The minimum absolute atomic E-state index is 0.0208. The van der Waals surface area contributed by atoms with Gasteiger partial charge in [0.05, 0.1) is 24.5 Å². The SMILES string of the molecule is Cc1nc2c(-c3ccc(F)cc3F)nc([C@H]3C[C@@H](C4CCOC4)O[C@@H](C)C3)cn2c(=O)c1C. The molecule has 2 fully saturated rings. The monoisotopic (exact) mass is 455 g/mol. The van der Waals surface area contributed by atoms with Crippen LogP contribution in [0.1, 0.15) is 49.1 Å². The molecule has 2 aliphatic rings. The van der Waals surface area contributed by atoms with Crippen LogP contribution in [-0.2, 0) is 9.47 Å². The Hall–Kier alpha value is -2.71. The van der Waals surface area contributed by atoms with E-state index in [1.54, 1.807) is 20.0 Å². The third-order valence-electron chi connectivity index (χ3n) is 6.93. The first-order valence-corrected chi connectivity index (χ1v) is 11.4. The molecule has 0 saturated carbocycles. The van der Waals surface area contributed by atoms with E-state index in [0.29, 0.717) is 29.5 Å². The van der Waals surface area contributed by atoms with E-state index in [1.807, 2.05) is 6.92 Å². The molecule has 0 aliphatic carbocycles. The van der Waals surface area contributed by atoms with Gasteiger partial charge < -0.3 is 9.47 Å². The number of aryl methyl sites for hydroxylation is 1. The summed E-state index contributed by atoms with van der Waals surface area (Å²) in [4.78, 5) is 22.5. The molecular formula is C25H27F2N3O3. The van der Waals surface area contributed by atoms with Crippen molar-refractivity contribution in [3.05, 3.63) is 63.3 Å². The van der Waals surface area contributed by atoms with E-state index in [4.69, 9.17) is 14.5 Å². The van der Waals surface area contributed by atoms with Crippen molar-refractivity contribution >= 4 is 5.65 Å². The largest absolute Gasteiger partial charge is 0.381 e. The summed E-state index contributed by atoms with van der Waals surface area (Å²) in [7, 11) is 0. The first-order valence-electron chi connectivity index (χ1n) is 11.4. The van der Waals surface area contributed by atoms with Gasteiger partial charge >= 0.3 is 0 Å². The van der Waals surface area contributed by atoms with E-state index in [1.165, 1.54) is 16.5 Å². The molecule has 174 valence electrons. The van der Waals surface area contributed by atoms with Crippen molar-refractivity contribution in [2.75, 3.05) is 13.2 Å². The molecule has 4 heterocycles. The highest BCUT2D eigenvalue weighted by Gasteiger charge is 2.36. The number of halogens is 2. The summed E-state index contributed by atoms with van der Waals surface area (Å²) in [5.41, 5.74) is 2.17. The van der Waals surface area contributed by atoms with E-state index in [0.717, 1.165) is 31.9 Å². The smallest absolute Gasteiger partial charge is 0.261 e. The van der Waals surface area contributed by atoms with Gasteiger partial charge in [-0.2, -0.15) is 0 Å². The molecule has 2 aliphatic heterocycles. The first kappa shape index (κ1) is 22.1. The Labute approximate surface area is 190 Å². The number of ether oxygens (including phenoxy) is 2. The lowest BCUT2D eigenvalue weighted by Crippen LogP contribution is -2.36. The summed E-state index contributed by atoms with van der Waals surface area (Å²) >= 11 is 0. The predicted molar refractivity (Wildman–Crippen MR) is 119 cm³/mol. The molecule has 5 rings (SSSR count). The van der Waals surface area contributed by atoms with Crippen molar-refractivity contribution in [1.82, 2.24) is 14.4 Å². The van der Waals surface area contributed by atoms with Gasteiger partial charge in [-0.25, -0.2) is 18.7 Å². The highest BCUT2D eigenvalue weighted by Crippen LogP contribution is 2.38. The van der Waals surface area contributed by atoms with Crippen LogP contribution in [0.2, 0.25) is 0 Å². The molecule has 0 spiro atoms. The molecule has 1 unspecified atom stereocenters. The fourth-order valence-corrected chi connectivity index (χ4v) is 4.99. The van der Waals surface area contributed by atoms with Crippen molar-refractivity contribution in [1.29, 1.82) is 0 Å². The lowest BCUT2D eigenvalue weighted by atomic mass is 9.84. The summed E-state index contributed by atoms with van der Waals surface area (Å²) < 4.78 is 41.7. The number of aromatic nitrogens is 3. The van der Waals surface area contributed by atoms with E-state index < -0.39 is 11.6 Å². The van der Waals surface area contributed by atoms with Crippen LogP contribution >= 0.6 is 0 Å². The maximum Gasteiger partial charge on any atom is 0.261 e. The summed E-state index contributed by atoms with van der Waals surface area (Å²) in [6.07, 6.45) is 4.23. The van der Waals surface area contributed by atoms with Gasteiger partial charge in [-0.1, -0.05) is 0 Å². The van der Waals surface area contributed by atoms with E-state index in [-0.39, 0.29) is 40.6 Å². The number of nitrogens with zero attached hydrogens (tertiary/aromatic N) is 3. The molecule has 6 nitrogen and oxygen atoms in total. The number of rotatable bonds is 3. The highest BCUT2D eigenvalue weighted by atomic mass is 19.1. The molecule has 2 saturated heterocycles. The molecular weight excluding hydrogens is 428 g/mol. The zero-order valence-electron chi connectivity index (χ0n) is 19.0. The Kier molecular flexibility index (Phi) is 5.74. The Morgan fingerprint density at radius 3 is 2.70 bits per heavy atom. The van der Waals surface area contributed by atoms with Gasteiger partial charge in [0.25, 0.3) is 5.56 Å². The van der Waals surface area contributed by atoms with Gasteiger partial charge in [0.15, 0.2) is 5.65 Å². The summed E-state index contributed by atoms with van der Waals surface area (Å²) in [5, 5.41) is 0. The number of hydrogen-bond donors (Lipinski definition) is 0. The zero-order valence-corrected chi connectivity index (χ0v) is 19.0. The molecule has 1 aromatic carbocycles. The number of hydrogen-bond acceptors (Lipinski definition) is 5. The third-order valence-corrected chi connectivity index (χ3v) is 6.93. The zero-order chi connectivity index (χ0) is 23.3. The van der Waals surface area contributed by atoms with Gasteiger partial charge in [0.1, 0.15) is 17.3 Å². The molecule has 2 aromatic heterocycles. The van der Waals surface area contributed by atoms with Gasteiger partial charge in [0, 0.05) is 47.5 Å². The lowest BCUT2D eigenvalue weighted by molar-refractivity contribution is -0.0772. The van der Waals surface area contributed by atoms with Gasteiger partial charge in [-0.15, -0.1) is 0 Å². The van der Waals surface area contributed by atoms with Crippen molar-refractivity contribution < 1.29 is 18.3 Å². The fraction of sp³-hybridized carbons (Fsp3) is 0.480. The predicted octanol–water partition coefficient (Wildman–Crippen LogP) is 4.34. The van der Waals surface area contributed by atoms with Crippen LogP contribution in [0, 0.1) is 31.4 Å². The second kappa shape index (κ2) is 8.57. The minimum atomic E-state index is -0.740. The standard InChI is InChI=1S/C25H27F2N3O3/c1-13-8-17(9-22(33-13)16-6-7-32-12-16)21-11-30-24(28-15(3)14(2)25(30)31)23(29-21)19-5-4-18(26)10-20(19)27/h4-5,10-11,13,16-17,22H,6-9,12H2,1-3H3/t13-,16?,17+,22-/m0/s1. The molecule has 0 N–H and O–H groups in total. The topological polar surface area (TPSA) is 65.7 Å². The maximum absolute atomic E-state index is 14.8. The normalized spacial score (nSPS) is 25.6. The summed E-state index contributed by atoms with van der Waals surface area (Å²) in [5.74, 6) is -1.05. The maximum atomic E-state index is 14.8. The third kappa shape index (κ3) is 4.06. The van der Waals surface area contributed by atoms with Crippen LogP contribution in [0.25, 0.3) is 16.9 Å². The lowest BCUT2D eigenvalue weighted by Gasteiger charge is -2.36. The average molecular weight is 456 g/mol. The molecule has 8 heteroatoms. The van der Waals surface area contributed by atoms with E-state index in [2.05, 4.69) is 4.98 Å². The van der Waals surface area contributed by atoms with E-state index in [9.17, 15) is 13.6 Å². The second-order valence-electron chi connectivity index (χ2n) is 9.24. The average Bonchev–Trinajstić information content (AvgIpc) is 3.32. The van der Waals surface area contributed by atoms with Crippen molar-refractivity contribution in [3.8, 4) is 11.3 Å². The Balaban J connectivity index is 1.67. The summed E-state index contributed by atoms with van der Waals surface area (Å²) in [6.45, 7) is 6.93. The van der Waals surface area contributed by atoms with Crippen molar-refractivity contribution in [2.24, 2.45) is 5.92 Å². The quantitative estimate of drug-likeness (QED) is 0.588. The molecule has 33 heavy (non-hydrogen) atoms. The molecule has 0 radical (unpaired) electrons. The number of benzene rings is 1. The van der Waals surface area contributed by atoms with Crippen LogP contribution in [0.3, 0.4) is 0 Å². The van der Waals surface area contributed by atoms with E-state index >= 15 is 0 Å². The molecule has 3 aromatic rings. The summed E-state index contributed by atoms with van der Waals surface area (Å²) in [6, 6.07) is 3.37. The van der Waals surface area contributed by atoms with Crippen LogP contribution in [0.5, 0.6) is 0 Å². The van der Waals surface area contributed by atoms with Gasteiger partial charge in [-0.3, -0.25) is 9.20 Å². The van der Waals surface area contributed by atoms with Gasteiger partial charge in [-0.05, 0) is 52.2 Å². The van der Waals surface area contributed by atoms with Crippen LogP contribution < -0.4 is 5.56 Å². The van der Waals surface area contributed by atoms with Crippen molar-refractivity contribution in [3.63, 3.8) is 0 Å². The molecule has 4 atom stereocenters. The van der Waals surface area contributed by atoms with Crippen LogP contribution in [0.15, 0.2) is 29.2 Å². The highest BCUT2D eigenvalue weighted by molar-refractivity contribution is 5.74. The Morgan fingerprint density at radius 2 is 1.97 bits per heavy atom. The number of fused-ring (bicyclic) bond motifs is 1. The Morgan fingerprint density at radius 1 is 1.15 bits per heavy atom. The van der Waals surface area contributed by atoms with Crippen molar-refractivity contribution in [2.45, 2.75) is 58.2 Å². The van der Waals surface area contributed by atoms with Crippen LogP contribution in [0.4, 0.5) is 8.78 Å².